The molecule has 0 atom stereocenters. The highest BCUT2D eigenvalue weighted by molar-refractivity contribution is 9.29. The molecule has 0 saturated heterocycles. The van der Waals surface area contributed by atoms with Crippen LogP contribution in [-0.2, 0) is 9.13 Å². The van der Waals surface area contributed by atoms with E-state index in [0.29, 0.717) is 0 Å². The van der Waals surface area contributed by atoms with Crippen molar-refractivity contribution in [2.45, 2.75) is 85.8 Å². The van der Waals surface area contributed by atoms with Crippen LogP contribution in [0.4, 0.5) is 0 Å². The summed E-state index contributed by atoms with van der Waals surface area (Å²) in [5.41, 5.74) is 0. The molecule has 0 spiro atoms. The van der Waals surface area contributed by atoms with Gasteiger partial charge in [0, 0.05) is 0 Å². The number of nitrogens with one attached hydrogen (secondary N) is 4. The first kappa shape index (κ1) is 49.8. The van der Waals surface area contributed by atoms with E-state index < -0.39 is 17.9 Å². The van der Waals surface area contributed by atoms with Gasteiger partial charge in [-0.3, -0.25) is 0 Å². The van der Waals surface area contributed by atoms with Gasteiger partial charge in [-0.05, 0) is 98.3 Å². The molecule has 0 aromatic rings. The molecule has 14 heteroatoms. The van der Waals surface area contributed by atoms with Crippen molar-refractivity contribution in [3.8, 4) is 0 Å². The molecular weight excluding hydrogens is 674 g/mol. The van der Waals surface area contributed by atoms with E-state index in [2.05, 4.69) is 83.1 Å². The summed E-state index contributed by atoms with van der Waals surface area (Å²) in [6, 6.07) is 0. The molecular formula is C25H64Br2N4O6P2. The van der Waals surface area contributed by atoms with Gasteiger partial charge in [-0.2, -0.15) is 0 Å². The van der Waals surface area contributed by atoms with Crippen LogP contribution in [0.5, 0.6) is 0 Å². The summed E-state index contributed by atoms with van der Waals surface area (Å²) in [7, 11) is -11.1. The summed E-state index contributed by atoms with van der Waals surface area (Å²) >= 11 is 3.93. The van der Waals surface area contributed by atoms with Crippen LogP contribution in [0, 0.1) is 0 Å². The van der Waals surface area contributed by atoms with Crippen LogP contribution in [0.3, 0.4) is 0 Å². The minimum Gasteiger partial charge on any atom is -0.809 e. The first-order valence-electron chi connectivity index (χ1n) is 14.6. The van der Waals surface area contributed by atoms with Crippen molar-refractivity contribution in [2.24, 2.45) is 0 Å². The van der Waals surface area contributed by atoms with Gasteiger partial charge < -0.3 is 48.3 Å². The molecule has 4 N–H and O–H groups in total. The Morgan fingerprint density at radius 1 is 0.410 bits per heavy atom. The Labute approximate surface area is 258 Å². The Hall–Kier alpha value is 1.10. The lowest BCUT2D eigenvalue weighted by molar-refractivity contribution is -0.894. The van der Waals surface area contributed by atoms with E-state index in [0.717, 1.165) is 0 Å². The van der Waals surface area contributed by atoms with Crippen LogP contribution in [0.2, 0.25) is 0 Å². The van der Waals surface area contributed by atoms with Gasteiger partial charge in [0.15, 0.2) is 0 Å². The Balaban J connectivity index is -0.000000125. The first-order valence-corrected chi connectivity index (χ1v) is 19.3. The van der Waals surface area contributed by atoms with Crippen LogP contribution >= 0.6 is 47.1 Å². The normalized spacial score (nSPS) is 11.6. The highest BCUT2D eigenvalue weighted by atomic mass is 79.9. The number of alkyl halides is 2. The maximum absolute atomic E-state index is 10.1. The van der Waals surface area contributed by atoms with E-state index >= 15 is 0 Å². The van der Waals surface area contributed by atoms with E-state index in [1.165, 1.54) is 78.5 Å². The lowest BCUT2D eigenvalue weighted by Crippen LogP contribution is -3.11. The lowest BCUT2D eigenvalue weighted by atomic mass is 10.5. The van der Waals surface area contributed by atoms with E-state index in [4.69, 9.17) is 0 Å². The van der Waals surface area contributed by atoms with Gasteiger partial charge in [0.2, 0.25) is 0 Å². The molecule has 0 aromatic heterocycles. The zero-order valence-electron chi connectivity index (χ0n) is 27.1. The standard InChI is InChI=1S/4C6H15N.CH4Br2O6P2/c4*1-4-7(5-2)6-3;2-1(3,10(4,5)6)11(7,8)9/h4*4-6H2,1-3H3;(H2,4,5,6)(H2,7,8,9). The fraction of sp³-hybridized carbons (Fsp3) is 1.00. The van der Waals surface area contributed by atoms with Crippen molar-refractivity contribution in [3.63, 3.8) is 0 Å². The predicted octanol–water partition coefficient (Wildman–Crippen LogP) is -2.06. The largest absolute Gasteiger partial charge is 0.809 e. The van der Waals surface area contributed by atoms with Crippen molar-refractivity contribution in [3.05, 3.63) is 0 Å². The molecule has 0 saturated carbocycles. The highest BCUT2D eigenvalue weighted by Gasteiger charge is 2.31. The summed E-state index contributed by atoms with van der Waals surface area (Å²) in [5.74, 6) is 0. The third-order valence-electron chi connectivity index (χ3n) is 6.66. The van der Waals surface area contributed by atoms with Gasteiger partial charge in [0.1, 0.15) is 2.72 Å². The molecule has 0 aliphatic heterocycles. The maximum Gasteiger partial charge on any atom is 0.133 e. The van der Waals surface area contributed by atoms with Crippen LogP contribution in [0.25, 0.3) is 0 Å². The minimum absolute atomic E-state index is 1.27. The topological polar surface area (TPSA) is 144 Å². The smallest absolute Gasteiger partial charge is 0.133 e. The maximum atomic E-state index is 10.1. The summed E-state index contributed by atoms with van der Waals surface area (Å²) in [5, 5.41) is 0. The zero-order chi connectivity index (χ0) is 32.3. The zero-order valence-corrected chi connectivity index (χ0v) is 32.0. The van der Waals surface area contributed by atoms with Gasteiger partial charge >= 0.3 is 0 Å². The van der Waals surface area contributed by atoms with Gasteiger partial charge in [-0.25, -0.2) is 0 Å². The second kappa shape index (κ2) is 30.6. The number of halogens is 2. The number of rotatable bonds is 14. The van der Waals surface area contributed by atoms with Crippen molar-refractivity contribution in [1.82, 2.24) is 0 Å². The first-order chi connectivity index (χ1) is 17.9. The summed E-state index contributed by atoms with van der Waals surface area (Å²) in [6.45, 7) is 41.9. The average molecular weight is 739 g/mol. The number of quaternary nitrogens is 4. The van der Waals surface area contributed by atoms with Crippen molar-refractivity contribution in [2.75, 3.05) is 78.5 Å². The molecule has 0 aliphatic rings. The lowest BCUT2D eigenvalue weighted by Gasteiger charge is -2.52. The number of hydrogen-bond donors (Lipinski definition) is 4. The quantitative estimate of drug-likeness (QED) is 0.119. The highest BCUT2D eigenvalue weighted by Crippen LogP contribution is 2.68. The van der Waals surface area contributed by atoms with Gasteiger partial charge in [-0.15, -0.1) is 0 Å². The Kier molecular flexibility index (Phi) is 39.0. The number of hydrogen-bond acceptors (Lipinski definition) is 6. The molecule has 0 radical (unpaired) electrons. The van der Waals surface area contributed by atoms with Crippen molar-refractivity contribution >= 4 is 47.1 Å². The van der Waals surface area contributed by atoms with Gasteiger partial charge in [0.25, 0.3) is 0 Å². The molecule has 244 valence electrons. The Morgan fingerprint density at radius 2 is 0.513 bits per heavy atom. The van der Waals surface area contributed by atoms with E-state index in [1.54, 1.807) is 19.6 Å². The molecule has 10 nitrogen and oxygen atoms in total. The Morgan fingerprint density at radius 3 is 0.513 bits per heavy atom. The minimum atomic E-state index is -5.54. The Bertz CT molecular complexity index is 489. The fourth-order valence-electron chi connectivity index (χ4n) is 3.15. The van der Waals surface area contributed by atoms with E-state index in [9.17, 15) is 28.7 Å². The average Bonchev–Trinajstić information content (AvgIpc) is 2.88. The van der Waals surface area contributed by atoms with E-state index in [-0.39, 0.29) is 0 Å². The van der Waals surface area contributed by atoms with Crippen molar-refractivity contribution in [1.29, 1.82) is 0 Å². The molecule has 0 rings (SSSR count). The second-order valence-corrected chi connectivity index (χ2v) is 18.3. The second-order valence-electron chi connectivity index (χ2n) is 8.75. The van der Waals surface area contributed by atoms with Crippen molar-refractivity contribution < 1.29 is 48.3 Å². The molecule has 0 fully saturated rings. The van der Waals surface area contributed by atoms with Gasteiger partial charge in [-0.1, -0.05) is 31.9 Å². The molecule has 0 bridgehead atoms. The van der Waals surface area contributed by atoms with Crippen LogP contribution < -0.4 is 39.2 Å². The molecule has 0 heterocycles. The van der Waals surface area contributed by atoms with Gasteiger partial charge in [0.05, 0.1) is 78.5 Å². The van der Waals surface area contributed by atoms with Crippen LogP contribution in [0.15, 0.2) is 0 Å². The molecule has 39 heavy (non-hydrogen) atoms. The third-order valence-corrected chi connectivity index (χ3v) is 14.7. The molecule has 0 aromatic carbocycles. The van der Waals surface area contributed by atoms with E-state index in [1.807, 2.05) is 31.9 Å². The summed E-state index contributed by atoms with van der Waals surface area (Å²) in [4.78, 5) is 47.1. The summed E-state index contributed by atoms with van der Waals surface area (Å²) < 4.78 is 17.1. The molecule has 0 aliphatic carbocycles. The molecule has 0 unspecified atom stereocenters. The SMILES string of the molecule is CC[NH+](CC)CC.CC[NH+](CC)CC.CC[NH+](CC)CC.CC[NH+](CC)CC.O=P([O-])([O-])C(Br)(Br)P(=O)([O-])[O-]. The van der Waals surface area contributed by atoms with Crippen LogP contribution in [0.1, 0.15) is 83.1 Å². The monoisotopic (exact) mass is 736 g/mol. The molecule has 0 amide bonds. The summed E-state index contributed by atoms with van der Waals surface area (Å²) in [6.07, 6.45) is 0. The third kappa shape index (κ3) is 29.0. The fourth-order valence-corrected chi connectivity index (χ4v) is 4.35. The van der Waals surface area contributed by atoms with Crippen LogP contribution in [-0.4, -0.2) is 81.3 Å². The predicted molar refractivity (Wildman–Crippen MR) is 166 cm³/mol.